The summed E-state index contributed by atoms with van der Waals surface area (Å²) >= 11 is 1.93. The molecule has 0 bridgehead atoms. The minimum Gasteiger partial charge on any atom is -0.311 e. The topological polar surface area (TPSA) is 15.3 Å². The van der Waals surface area contributed by atoms with Gasteiger partial charge in [-0.05, 0) is 39.8 Å². The zero-order valence-electron chi connectivity index (χ0n) is 10.7. The van der Waals surface area contributed by atoms with Gasteiger partial charge < -0.3 is 5.32 Å². The molecule has 1 N–H and O–H groups in total. The summed E-state index contributed by atoms with van der Waals surface area (Å²) in [6, 6.07) is 6.31. The standard InChI is InChI=1S/C13H22N2S/c1-9-8-15(10(2)7-14-9)12(4)13-6-5-11(3)16-13/h5-6,9-10,12,14H,7-8H2,1-4H3. The number of nitrogens with zero attached hydrogens (tertiary/aromatic N) is 1. The Morgan fingerprint density at radius 1 is 1.44 bits per heavy atom. The number of thiophene rings is 1. The minimum absolute atomic E-state index is 0.554. The third-order valence-electron chi connectivity index (χ3n) is 3.48. The highest BCUT2D eigenvalue weighted by Gasteiger charge is 2.27. The second-order valence-corrected chi connectivity index (χ2v) is 6.30. The molecule has 90 valence electrons. The molecule has 1 aliphatic rings. The first kappa shape index (κ1) is 12.1. The van der Waals surface area contributed by atoms with Crippen LogP contribution in [0.5, 0.6) is 0 Å². The normalized spacial score (nSPS) is 29.2. The summed E-state index contributed by atoms with van der Waals surface area (Å²) in [7, 11) is 0. The van der Waals surface area contributed by atoms with Crippen LogP contribution in [0.1, 0.15) is 36.6 Å². The molecule has 3 atom stereocenters. The number of aryl methyl sites for hydroxylation is 1. The molecular formula is C13H22N2S. The Balaban J connectivity index is 2.10. The summed E-state index contributed by atoms with van der Waals surface area (Å²) in [4.78, 5) is 5.53. The van der Waals surface area contributed by atoms with E-state index in [1.165, 1.54) is 9.75 Å². The number of nitrogens with one attached hydrogen (secondary N) is 1. The molecule has 2 nitrogen and oxygen atoms in total. The molecule has 0 aliphatic carbocycles. The zero-order valence-corrected chi connectivity index (χ0v) is 11.5. The van der Waals surface area contributed by atoms with Crippen molar-refractivity contribution in [2.45, 2.75) is 45.8 Å². The van der Waals surface area contributed by atoms with E-state index in [4.69, 9.17) is 0 Å². The van der Waals surface area contributed by atoms with Gasteiger partial charge in [-0.25, -0.2) is 0 Å². The van der Waals surface area contributed by atoms with Crippen LogP contribution in [0.25, 0.3) is 0 Å². The van der Waals surface area contributed by atoms with Crippen LogP contribution < -0.4 is 5.32 Å². The maximum atomic E-state index is 3.53. The van der Waals surface area contributed by atoms with Gasteiger partial charge in [0.05, 0.1) is 0 Å². The summed E-state index contributed by atoms with van der Waals surface area (Å²) in [5.41, 5.74) is 0. The van der Waals surface area contributed by atoms with Crippen LogP contribution in [0.4, 0.5) is 0 Å². The number of hydrogen-bond donors (Lipinski definition) is 1. The van der Waals surface area contributed by atoms with Crippen molar-refractivity contribution >= 4 is 11.3 Å². The van der Waals surface area contributed by atoms with E-state index in [-0.39, 0.29) is 0 Å². The van der Waals surface area contributed by atoms with Crippen LogP contribution in [0.2, 0.25) is 0 Å². The van der Waals surface area contributed by atoms with Crippen molar-refractivity contribution in [1.82, 2.24) is 10.2 Å². The fourth-order valence-electron chi connectivity index (χ4n) is 2.43. The van der Waals surface area contributed by atoms with Gasteiger partial charge in [0, 0.05) is 41.0 Å². The fourth-order valence-corrected chi connectivity index (χ4v) is 3.38. The fraction of sp³-hybridized carbons (Fsp3) is 0.692. The summed E-state index contributed by atoms with van der Waals surface area (Å²) in [5, 5.41) is 3.53. The molecule has 1 aromatic rings. The maximum Gasteiger partial charge on any atom is 0.0417 e. The Morgan fingerprint density at radius 3 is 2.81 bits per heavy atom. The Kier molecular flexibility index (Phi) is 3.67. The van der Waals surface area contributed by atoms with Crippen molar-refractivity contribution in [3.63, 3.8) is 0 Å². The molecule has 1 aliphatic heterocycles. The molecule has 2 rings (SSSR count). The van der Waals surface area contributed by atoms with Gasteiger partial charge in [0.25, 0.3) is 0 Å². The summed E-state index contributed by atoms with van der Waals surface area (Å²) < 4.78 is 0. The molecule has 1 saturated heterocycles. The van der Waals surface area contributed by atoms with E-state index < -0.39 is 0 Å². The molecule has 0 saturated carbocycles. The van der Waals surface area contributed by atoms with Crippen molar-refractivity contribution < 1.29 is 0 Å². The zero-order chi connectivity index (χ0) is 11.7. The second-order valence-electron chi connectivity index (χ2n) is 4.98. The molecule has 1 fully saturated rings. The molecule has 1 aromatic heterocycles. The first-order valence-electron chi connectivity index (χ1n) is 6.13. The average Bonchev–Trinajstić information content (AvgIpc) is 2.67. The van der Waals surface area contributed by atoms with Gasteiger partial charge in [-0.15, -0.1) is 11.3 Å². The van der Waals surface area contributed by atoms with Gasteiger partial charge in [-0.3, -0.25) is 4.90 Å². The van der Waals surface area contributed by atoms with Crippen molar-refractivity contribution in [2.24, 2.45) is 0 Å². The Labute approximate surface area is 103 Å². The van der Waals surface area contributed by atoms with Gasteiger partial charge in [-0.1, -0.05) is 0 Å². The number of piperazine rings is 1. The molecule has 0 aromatic carbocycles. The Bertz CT molecular complexity index is 347. The van der Waals surface area contributed by atoms with Crippen molar-refractivity contribution in [2.75, 3.05) is 13.1 Å². The van der Waals surface area contributed by atoms with E-state index in [0.717, 1.165) is 13.1 Å². The van der Waals surface area contributed by atoms with E-state index in [1.807, 2.05) is 11.3 Å². The van der Waals surface area contributed by atoms with Crippen LogP contribution in [0.15, 0.2) is 12.1 Å². The van der Waals surface area contributed by atoms with Gasteiger partial charge in [-0.2, -0.15) is 0 Å². The molecule has 0 amide bonds. The van der Waals surface area contributed by atoms with Crippen LogP contribution in [-0.4, -0.2) is 30.1 Å². The molecule has 0 radical (unpaired) electrons. The molecule has 16 heavy (non-hydrogen) atoms. The van der Waals surface area contributed by atoms with E-state index >= 15 is 0 Å². The first-order chi connectivity index (χ1) is 7.58. The summed E-state index contributed by atoms with van der Waals surface area (Å²) in [6.45, 7) is 11.4. The smallest absolute Gasteiger partial charge is 0.0417 e. The van der Waals surface area contributed by atoms with Crippen LogP contribution in [-0.2, 0) is 0 Å². The maximum absolute atomic E-state index is 3.53. The lowest BCUT2D eigenvalue weighted by atomic mass is 10.1. The highest BCUT2D eigenvalue weighted by molar-refractivity contribution is 7.12. The van der Waals surface area contributed by atoms with E-state index in [1.54, 1.807) is 0 Å². The second kappa shape index (κ2) is 4.86. The van der Waals surface area contributed by atoms with Crippen LogP contribution in [0.3, 0.4) is 0 Å². The van der Waals surface area contributed by atoms with Crippen LogP contribution >= 0.6 is 11.3 Å². The predicted molar refractivity (Wildman–Crippen MR) is 71.1 cm³/mol. The number of rotatable bonds is 2. The van der Waals surface area contributed by atoms with E-state index in [0.29, 0.717) is 18.1 Å². The lowest BCUT2D eigenvalue weighted by Gasteiger charge is -2.41. The molecule has 3 unspecified atom stereocenters. The monoisotopic (exact) mass is 238 g/mol. The largest absolute Gasteiger partial charge is 0.311 e. The molecule has 2 heterocycles. The SMILES string of the molecule is Cc1ccc(C(C)N2CC(C)NCC2C)s1. The lowest BCUT2D eigenvalue weighted by Crippen LogP contribution is -2.54. The highest BCUT2D eigenvalue weighted by atomic mass is 32.1. The van der Waals surface area contributed by atoms with Gasteiger partial charge in [0.2, 0.25) is 0 Å². The molecular weight excluding hydrogens is 216 g/mol. The van der Waals surface area contributed by atoms with Gasteiger partial charge in [0.15, 0.2) is 0 Å². The lowest BCUT2D eigenvalue weighted by molar-refractivity contribution is 0.105. The quantitative estimate of drug-likeness (QED) is 0.852. The van der Waals surface area contributed by atoms with Gasteiger partial charge >= 0.3 is 0 Å². The highest BCUT2D eigenvalue weighted by Crippen LogP contribution is 2.29. The van der Waals surface area contributed by atoms with Crippen molar-refractivity contribution in [3.8, 4) is 0 Å². The average molecular weight is 238 g/mol. The third kappa shape index (κ3) is 2.47. The van der Waals surface area contributed by atoms with Gasteiger partial charge in [0.1, 0.15) is 0 Å². The first-order valence-corrected chi connectivity index (χ1v) is 6.95. The van der Waals surface area contributed by atoms with Crippen molar-refractivity contribution in [1.29, 1.82) is 0 Å². The summed E-state index contributed by atoms with van der Waals surface area (Å²) in [6.07, 6.45) is 0. The molecule has 3 heteroatoms. The Morgan fingerprint density at radius 2 is 2.19 bits per heavy atom. The van der Waals surface area contributed by atoms with E-state index in [2.05, 4.69) is 50.0 Å². The minimum atomic E-state index is 0.554. The molecule has 0 spiro atoms. The third-order valence-corrected chi connectivity index (χ3v) is 4.65. The summed E-state index contributed by atoms with van der Waals surface area (Å²) in [5.74, 6) is 0. The van der Waals surface area contributed by atoms with E-state index in [9.17, 15) is 0 Å². The van der Waals surface area contributed by atoms with Crippen molar-refractivity contribution in [3.05, 3.63) is 21.9 Å². The van der Waals surface area contributed by atoms with Crippen LogP contribution in [0, 0.1) is 6.92 Å². The number of hydrogen-bond acceptors (Lipinski definition) is 3. The Hall–Kier alpha value is -0.380. The predicted octanol–water partition coefficient (Wildman–Crippen LogP) is 2.80.